The van der Waals surface area contributed by atoms with E-state index in [4.69, 9.17) is 28.2 Å². The van der Waals surface area contributed by atoms with E-state index in [0.29, 0.717) is 0 Å². The van der Waals surface area contributed by atoms with Crippen LogP contribution in [0.15, 0.2) is 88.3 Å². The number of fused-ring (bicyclic) bond motifs is 2. The van der Waals surface area contributed by atoms with Gasteiger partial charge in [-0.05, 0) is 65.7 Å². The highest BCUT2D eigenvalue weighted by Crippen LogP contribution is 2.49. The number of halogens is 2. The lowest BCUT2D eigenvalue weighted by molar-refractivity contribution is 0.274. The fourth-order valence-corrected chi connectivity index (χ4v) is 6.04. The molecule has 1 unspecified atom stereocenters. The molecule has 0 radical (unpaired) electrons. The number of para-hydroxylation sites is 1. The quantitative estimate of drug-likeness (QED) is 0.379. The Morgan fingerprint density at radius 2 is 1.66 bits per heavy atom. The molecule has 0 bridgehead atoms. The number of aliphatic imine (C=N–C) groups is 1. The third-order valence-corrected chi connectivity index (χ3v) is 8.07. The molecule has 3 aromatic rings. The Balaban J connectivity index is 1.65. The first kappa shape index (κ1) is 21.8. The summed E-state index contributed by atoms with van der Waals surface area (Å²) in [5, 5.41) is 1.78. The second-order valence-corrected chi connectivity index (χ2v) is 10.3. The van der Waals surface area contributed by atoms with Crippen molar-refractivity contribution in [1.82, 2.24) is 4.90 Å². The minimum atomic E-state index is 0.262. The summed E-state index contributed by atoms with van der Waals surface area (Å²) in [5.41, 5.74) is 5.97. The average Bonchev–Trinajstić information content (AvgIpc) is 2.98. The van der Waals surface area contributed by atoms with Crippen LogP contribution in [0, 0.1) is 5.92 Å². The van der Waals surface area contributed by atoms with Crippen LogP contribution in [0.25, 0.3) is 6.08 Å². The number of likely N-dealkylation sites (N-methyl/N-ethyl adjacent to an activating group) is 1. The number of nitrogens with zero attached hydrogens (tertiary/aromatic N) is 2. The zero-order chi connectivity index (χ0) is 22.1. The van der Waals surface area contributed by atoms with Crippen molar-refractivity contribution in [3.63, 3.8) is 0 Å². The van der Waals surface area contributed by atoms with Crippen molar-refractivity contribution in [3.8, 4) is 0 Å². The third kappa shape index (κ3) is 4.53. The molecule has 0 aliphatic carbocycles. The maximum absolute atomic E-state index is 6.21. The summed E-state index contributed by atoms with van der Waals surface area (Å²) in [4.78, 5) is 9.01. The van der Waals surface area contributed by atoms with Crippen molar-refractivity contribution in [3.05, 3.63) is 99.5 Å². The van der Waals surface area contributed by atoms with Crippen LogP contribution in [0.1, 0.15) is 23.3 Å². The first-order valence-corrected chi connectivity index (χ1v) is 12.5. The molecule has 2 atom stereocenters. The SMILES string of the molecule is CCN1C/C(=C\c2ccc(Cl)cc2)C2=Nc3ccccc3S[C@H](c3ccc(Cl)cc3)C2C1. The molecule has 0 N–H and O–H groups in total. The summed E-state index contributed by atoms with van der Waals surface area (Å²) in [5.74, 6) is 0.279. The minimum Gasteiger partial charge on any atom is -0.299 e. The van der Waals surface area contributed by atoms with E-state index in [1.54, 1.807) is 0 Å². The molecule has 162 valence electrons. The van der Waals surface area contributed by atoms with Crippen LogP contribution in [0.4, 0.5) is 5.69 Å². The molecule has 0 saturated carbocycles. The van der Waals surface area contributed by atoms with Gasteiger partial charge in [-0.1, -0.05) is 66.5 Å². The van der Waals surface area contributed by atoms with E-state index in [-0.39, 0.29) is 11.2 Å². The second-order valence-electron chi connectivity index (χ2n) is 8.21. The third-order valence-electron chi connectivity index (χ3n) is 6.11. The van der Waals surface area contributed by atoms with Crippen LogP contribution in [0.2, 0.25) is 10.0 Å². The van der Waals surface area contributed by atoms with Crippen LogP contribution in [-0.4, -0.2) is 30.2 Å². The molecular formula is C27H24Cl2N2S. The molecule has 3 aromatic carbocycles. The zero-order valence-corrected chi connectivity index (χ0v) is 20.2. The minimum absolute atomic E-state index is 0.262. The van der Waals surface area contributed by atoms with Gasteiger partial charge in [-0.25, -0.2) is 0 Å². The summed E-state index contributed by atoms with van der Waals surface area (Å²) in [6, 6.07) is 24.9. The highest BCUT2D eigenvalue weighted by molar-refractivity contribution is 7.99. The summed E-state index contributed by atoms with van der Waals surface area (Å²) in [6.45, 7) is 5.13. The van der Waals surface area contributed by atoms with Gasteiger partial charge in [0.2, 0.25) is 0 Å². The molecule has 2 aliphatic heterocycles. The van der Waals surface area contributed by atoms with Gasteiger partial charge in [-0.2, -0.15) is 0 Å². The summed E-state index contributed by atoms with van der Waals surface area (Å²) in [6.07, 6.45) is 2.28. The molecular weight excluding hydrogens is 455 g/mol. The monoisotopic (exact) mass is 478 g/mol. The van der Waals surface area contributed by atoms with Gasteiger partial charge >= 0.3 is 0 Å². The number of thioether (sulfide) groups is 1. The zero-order valence-electron chi connectivity index (χ0n) is 17.8. The van der Waals surface area contributed by atoms with Gasteiger partial charge in [-0.15, -0.1) is 11.8 Å². The average molecular weight is 479 g/mol. The normalized spacial score (nSPS) is 22.1. The fourth-order valence-electron chi connectivity index (χ4n) is 4.45. The van der Waals surface area contributed by atoms with E-state index in [9.17, 15) is 0 Å². The van der Waals surface area contributed by atoms with Crippen LogP contribution in [0.3, 0.4) is 0 Å². The number of rotatable bonds is 3. The second kappa shape index (κ2) is 9.44. The number of benzene rings is 3. The summed E-state index contributed by atoms with van der Waals surface area (Å²) >= 11 is 14.3. The van der Waals surface area contributed by atoms with E-state index >= 15 is 0 Å². The predicted molar refractivity (Wildman–Crippen MR) is 139 cm³/mol. The molecule has 5 heteroatoms. The smallest absolute Gasteiger partial charge is 0.0769 e. The van der Waals surface area contributed by atoms with Gasteiger partial charge in [0, 0.05) is 39.2 Å². The van der Waals surface area contributed by atoms with Crippen molar-refractivity contribution >= 4 is 52.4 Å². The van der Waals surface area contributed by atoms with Crippen molar-refractivity contribution in [2.45, 2.75) is 17.1 Å². The lowest BCUT2D eigenvalue weighted by atomic mass is 9.85. The maximum Gasteiger partial charge on any atom is 0.0769 e. The molecule has 0 amide bonds. The molecule has 2 nitrogen and oxygen atoms in total. The van der Waals surface area contributed by atoms with Gasteiger partial charge in [0.05, 0.1) is 11.4 Å². The predicted octanol–water partition coefficient (Wildman–Crippen LogP) is 7.95. The van der Waals surface area contributed by atoms with Crippen LogP contribution in [0.5, 0.6) is 0 Å². The summed E-state index contributed by atoms with van der Waals surface area (Å²) in [7, 11) is 0. The molecule has 5 rings (SSSR count). The van der Waals surface area contributed by atoms with Gasteiger partial charge in [0.1, 0.15) is 0 Å². The van der Waals surface area contributed by atoms with E-state index in [0.717, 1.165) is 40.9 Å². The first-order valence-electron chi connectivity index (χ1n) is 10.9. The molecule has 1 fully saturated rings. The molecule has 32 heavy (non-hydrogen) atoms. The summed E-state index contributed by atoms with van der Waals surface area (Å²) < 4.78 is 0. The van der Waals surface area contributed by atoms with Gasteiger partial charge < -0.3 is 0 Å². The number of piperidine rings is 1. The maximum atomic E-state index is 6.21. The Morgan fingerprint density at radius 1 is 0.969 bits per heavy atom. The van der Waals surface area contributed by atoms with Crippen LogP contribution >= 0.6 is 35.0 Å². The van der Waals surface area contributed by atoms with Crippen LogP contribution < -0.4 is 0 Å². The largest absolute Gasteiger partial charge is 0.299 e. The van der Waals surface area contributed by atoms with E-state index in [1.807, 2.05) is 36.0 Å². The van der Waals surface area contributed by atoms with Gasteiger partial charge in [0.15, 0.2) is 0 Å². The molecule has 0 spiro atoms. The number of hydrogen-bond donors (Lipinski definition) is 0. The fraction of sp³-hybridized carbons (Fsp3) is 0.222. The molecule has 2 heterocycles. The van der Waals surface area contributed by atoms with E-state index in [2.05, 4.69) is 66.4 Å². The standard InChI is InChI=1S/C27H24Cl2N2S/c1-2-31-16-20(15-18-7-11-21(28)12-8-18)26-23(17-31)27(19-9-13-22(29)14-10-19)32-25-6-4-3-5-24(25)30-26/h3-15,23,27H,2,16-17H2,1H3/b20-15+/t23?,27-/m1/s1. The van der Waals surface area contributed by atoms with Crippen molar-refractivity contribution in [2.24, 2.45) is 10.9 Å². The Kier molecular flexibility index (Phi) is 6.43. The Bertz CT molecular complexity index is 1170. The van der Waals surface area contributed by atoms with Crippen molar-refractivity contribution in [2.75, 3.05) is 19.6 Å². The molecule has 2 aliphatic rings. The van der Waals surface area contributed by atoms with Gasteiger partial charge in [-0.3, -0.25) is 9.89 Å². The van der Waals surface area contributed by atoms with Crippen molar-refractivity contribution in [1.29, 1.82) is 0 Å². The highest BCUT2D eigenvalue weighted by atomic mass is 35.5. The Labute approximate surface area is 204 Å². The lowest BCUT2D eigenvalue weighted by Gasteiger charge is -2.38. The lowest BCUT2D eigenvalue weighted by Crippen LogP contribution is -2.44. The molecule has 0 aromatic heterocycles. The highest BCUT2D eigenvalue weighted by Gasteiger charge is 2.38. The van der Waals surface area contributed by atoms with E-state index in [1.165, 1.54) is 21.7 Å². The Hall–Kier alpha value is -2.04. The van der Waals surface area contributed by atoms with Gasteiger partial charge in [0.25, 0.3) is 0 Å². The number of likely N-dealkylation sites (tertiary alicyclic amines) is 1. The number of hydrogen-bond acceptors (Lipinski definition) is 3. The topological polar surface area (TPSA) is 15.6 Å². The van der Waals surface area contributed by atoms with Crippen molar-refractivity contribution < 1.29 is 0 Å². The molecule has 1 saturated heterocycles. The van der Waals surface area contributed by atoms with Crippen LogP contribution in [-0.2, 0) is 0 Å². The van der Waals surface area contributed by atoms with E-state index < -0.39 is 0 Å². The first-order chi connectivity index (χ1) is 15.6. The Morgan fingerprint density at radius 3 is 2.38 bits per heavy atom.